The summed E-state index contributed by atoms with van der Waals surface area (Å²) in [4.78, 5) is 26.1. The van der Waals surface area contributed by atoms with Crippen molar-refractivity contribution in [1.82, 2.24) is 0 Å². The van der Waals surface area contributed by atoms with E-state index in [1.54, 1.807) is 6.92 Å². The first-order valence-electron chi connectivity index (χ1n) is 9.90. The number of hydrogen-bond donors (Lipinski definition) is 1. The first-order valence-corrected chi connectivity index (χ1v) is 10.7. The van der Waals surface area contributed by atoms with E-state index in [9.17, 15) is 9.59 Å². The molecule has 1 aliphatic carbocycles. The number of esters is 1. The van der Waals surface area contributed by atoms with Crippen molar-refractivity contribution in [2.75, 3.05) is 6.61 Å². The fraction of sp³-hybridized carbons (Fsp3) is 0.250. The number of allylic oxidation sites excluding steroid dienone is 2. The zero-order valence-electron chi connectivity index (χ0n) is 16.6. The van der Waals surface area contributed by atoms with Crippen LogP contribution in [-0.4, -0.2) is 18.4 Å². The van der Waals surface area contributed by atoms with Gasteiger partial charge >= 0.3 is 5.97 Å². The van der Waals surface area contributed by atoms with Gasteiger partial charge in [-0.15, -0.1) is 0 Å². The molecule has 0 fully saturated rings. The highest BCUT2D eigenvalue weighted by molar-refractivity contribution is 9.10. The number of nitrogens with two attached hydrogens (primary N) is 1. The number of carbonyl (C=O) groups excluding carboxylic acids is 2. The van der Waals surface area contributed by atoms with Gasteiger partial charge < -0.3 is 15.2 Å². The van der Waals surface area contributed by atoms with Crippen LogP contribution in [0.1, 0.15) is 42.7 Å². The lowest BCUT2D eigenvalue weighted by molar-refractivity contribution is -0.139. The molecule has 2 atom stereocenters. The Morgan fingerprint density at radius 2 is 1.87 bits per heavy atom. The Hall–Kier alpha value is -2.86. The topological polar surface area (TPSA) is 78.6 Å². The van der Waals surface area contributed by atoms with E-state index in [-0.39, 0.29) is 29.8 Å². The molecule has 0 spiro atoms. The number of ketones is 1. The Morgan fingerprint density at radius 3 is 2.57 bits per heavy atom. The molecule has 0 amide bonds. The summed E-state index contributed by atoms with van der Waals surface area (Å²) in [6, 6.07) is 17.4. The molecule has 0 saturated carbocycles. The summed E-state index contributed by atoms with van der Waals surface area (Å²) in [7, 11) is 0. The van der Waals surface area contributed by atoms with Crippen LogP contribution in [0.5, 0.6) is 0 Å². The van der Waals surface area contributed by atoms with E-state index in [0.717, 1.165) is 15.6 Å². The number of carbonyl (C=O) groups is 2. The maximum atomic E-state index is 13.3. The van der Waals surface area contributed by atoms with E-state index in [0.29, 0.717) is 24.2 Å². The lowest BCUT2D eigenvalue weighted by Crippen LogP contribution is -2.33. The molecule has 0 radical (unpaired) electrons. The highest BCUT2D eigenvalue weighted by atomic mass is 79.9. The van der Waals surface area contributed by atoms with E-state index in [1.807, 2.05) is 54.6 Å². The molecule has 2 aromatic rings. The van der Waals surface area contributed by atoms with Gasteiger partial charge in [0, 0.05) is 22.9 Å². The molecule has 2 N–H and O–H groups in total. The van der Waals surface area contributed by atoms with Gasteiger partial charge in [-0.1, -0.05) is 58.4 Å². The minimum atomic E-state index is -0.616. The van der Waals surface area contributed by atoms with Crippen molar-refractivity contribution < 1.29 is 19.1 Å². The van der Waals surface area contributed by atoms with E-state index >= 15 is 0 Å². The molecule has 1 aliphatic heterocycles. The molecule has 6 heteroatoms. The minimum absolute atomic E-state index is 0.00122. The molecule has 5 nitrogen and oxygen atoms in total. The van der Waals surface area contributed by atoms with Crippen LogP contribution < -0.4 is 5.73 Å². The third-order valence-corrected chi connectivity index (χ3v) is 5.98. The summed E-state index contributed by atoms with van der Waals surface area (Å²) in [5.41, 5.74) is 8.76. The summed E-state index contributed by atoms with van der Waals surface area (Å²) < 4.78 is 12.0. The maximum Gasteiger partial charge on any atom is 0.340 e. The largest absolute Gasteiger partial charge is 0.462 e. The number of hydrogen-bond acceptors (Lipinski definition) is 5. The van der Waals surface area contributed by atoms with E-state index < -0.39 is 11.9 Å². The molecular weight excluding hydrogens is 446 g/mol. The first-order chi connectivity index (χ1) is 14.5. The average Bonchev–Trinajstić information content (AvgIpc) is 2.73. The number of rotatable bonds is 4. The smallest absolute Gasteiger partial charge is 0.340 e. The fourth-order valence-electron chi connectivity index (χ4n) is 4.20. The number of ether oxygens (including phenoxy) is 2. The van der Waals surface area contributed by atoms with Crippen molar-refractivity contribution in [1.29, 1.82) is 0 Å². The zero-order valence-corrected chi connectivity index (χ0v) is 18.1. The minimum Gasteiger partial charge on any atom is -0.462 e. The normalized spacial score (nSPS) is 21.2. The van der Waals surface area contributed by atoms with Gasteiger partial charge in [0.2, 0.25) is 5.88 Å². The van der Waals surface area contributed by atoms with Gasteiger partial charge in [0.1, 0.15) is 11.3 Å². The third kappa shape index (κ3) is 3.79. The zero-order chi connectivity index (χ0) is 21.3. The van der Waals surface area contributed by atoms with Crippen LogP contribution >= 0.6 is 15.9 Å². The number of Topliss-reactive ketones (excluding diaryl/α,β-unsaturated/α-hetero) is 1. The summed E-state index contributed by atoms with van der Waals surface area (Å²) in [5, 5.41) is 0. The Balaban J connectivity index is 1.81. The Labute approximate surface area is 183 Å². The van der Waals surface area contributed by atoms with Crippen molar-refractivity contribution in [3.8, 4) is 0 Å². The van der Waals surface area contributed by atoms with Gasteiger partial charge in [0.25, 0.3) is 0 Å². The first kappa shape index (κ1) is 20.4. The van der Waals surface area contributed by atoms with Crippen molar-refractivity contribution in [3.63, 3.8) is 0 Å². The molecule has 2 aromatic carbocycles. The lowest BCUT2D eigenvalue weighted by atomic mass is 9.73. The van der Waals surface area contributed by atoms with Gasteiger partial charge in [0.05, 0.1) is 12.5 Å². The second-order valence-electron chi connectivity index (χ2n) is 7.36. The summed E-state index contributed by atoms with van der Waals surface area (Å²) >= 11 is 3.48. The van der Waals surface area contributed by atoms with Crippen LogP contribution in [0.2, 0.25) is 0 Å². The highest BCUT2D eigenvalue weighted by Crippen LogP contribution is 2.47. The predicted molar refractivity (Wildman–Crippen MR) is 116 cm³/mol. The average molecular weight is 468 g/mol. The Kier molecular flexibility index (Phi) is 5.77. The van der Waals surface area contributed by atoms with E-state index in [4.69, 9.17) is 15.2 Å². The monoisotopic (exact) mass is 467 g/mol. The molecule has 0 bridgehead atoms. The van der Waals surface area contributed by atoms with Crippen LogP contribution in [0.25, 0.3) is 0 Å². The molecule has 0 aromatic heterocycles. The van der Waals surface area contributed by atoms with Gasteiger partial charge in [0.15, 0.2) is 5.78 Å². The van der Waals surface area contributed by atoms with Crippen molar-refractivity contribution >= 4 is 27.7 Å². The SMILES string of the molecule is CCOC(=O)C1=C(N)OC2=C(C(=O)C[C@H](c3ccccc3)C2)[C@H]1c1cccc(Br)c1. The molecule has 154 valence electrons. The molecule has 2 aliphatic rings. The van der Waals surface area contributed by atoms with Crippen LogP contribution in [0.15, 0.2) is 81.9 Å². The summed E-state index contributed by atoms with van der Waals surface area (Å²) in [6.45, 7) is 1.93. The van der Waals surface area contributed by atoms with E-state index in [1.165, 1.54) is 0 Å². The quantitative estimate of drug-likeness (QED) is 0.659. The van der Waals surface area contributed by atoms with Crippen molar-refractivity contribution in [3.05, 3.63) is 93.0 Å². The van der Waals surface area contributed by atoms with Gasteiger partial charge in [-0.05, 0) is 36.1 Å². The molecule has 1 heterocycles. The molecule has 4 rings (SSSR count). The standard InChI is InChI=1S/C24H22BrNO4/c1-2-29-24(28)22-20(15-9-6-10-17(25)11-15)21-18(27)12-16(13-19(21)30-23(22)26)14-7-4-3-5-8-14/h3-11,16,20H,2,12-13,26H2,1H3/t16-,20+/m0/s1. The van der Waals surface area contributed by atoms with Gasteiger partial charge in [-0.25, -0.2) is 4.79 Å². The second kappa shape index (κ2) is 8.48. The van der Waals surface area contributed by atoms with Crippen molar-refractivity contribution in [2.24, 2.45) is 5.73 Å². The Bertz CT molecular complexity index is 1060. The molecule has 0 saturated heterocycles. The predicted octanol–water partition coefficient (Wildman–Crippen LogP) is 4.70. The Morgan fingerprint density at radius 1 is 1.13 bits per heavy atom. The molecular formula is C24H22BrNO4. The number of benzene rings is 2. The van der Waals surface area contributed by atoms with Gasteiger partial charge in [-0.3, -0.25) is 4.79 Å². The summed E-state index contributed by atoms with van der Waals surface area (Å²) in [6.07, 6.45) is 0.902. The van der Waals surface area contributed by atoms with E-state index in [2.05, 4.69) is 15.9 Å². The lowest BCUT2D eigenvalue weighted by Gasteiger charge is -2.35. The van der Waals surface area contributed by atoms with Crippen LogP contribution in [0.4, 0.5) is 0 Å². The third-order valence-electron chi connectivity index (χ3n) is 5.49. The van der Waals surface area contributed by atoms with Crippen LogP contribution in [0, 0.1) is 0 Å². The number of halogens is 1. The fourth-order valence-corrected chi connectivity index (χ4v) is 4.61. The highest BCUT2D eigenvalue weighted by Gasteiger charge is 2.43. The molecule has 0 unspecified atom stereocenters. The van der Waals surface area contributed by atoms with Crippen LogP contribution in [0.3, 0.4) is 0 Å². The van der Waals surface area contributed by atoms with Crippen LogP contribution in [-0.2, 0) is 19.1 Å². The maximum absolute atomic E-state index is 13.3. The van der Waals surface area contributed by atoms with Crippen molar-refractivity contribution in [2.45, 2.75) is 31.6 Å². The van der Waals surface area contributed by atoms with Gasteiger partial charge in [-0.2, -0.15) is 0 Å². The molecule has 30 heavy (non-hydrogen) atoms. The second-order valence-corrected chi connectivity index (χ2v) is 8.28. The summed E-state index contributed by atoms with van der Waals surface area (Å²) in [5.74, 6) is -0.671.